The molecule has 1 heteroatoms. The molecule has 0 spiro atoms. The molecule has 0 saturated heterocycles. The second-order valence-corrected chi connectivity index (χ2v) is 4.93. The summed E-state index contributed by atoms with van der Waals surface area (Å²) in [6.45, 7) is 4.43. The Kier molecular flexibility index (Phi) is 4.06. The number of benzene rings is 2. The number of hydrogen-bond acceptors (Lipinski definition) is 0. The number of rotatable bonds is 4. The second-order valence-electron chi connectivity index (χ2n) is 4.55. The highest BCUT2D eigenvalue weighted by Gasteiger charge is 2.10. The quantitative estimate of drug-likeness (QED) is 0.678. The van der Waals surface area contributed by atoms with Gasteiger partial charge in [0.1, 0.15) is 0 Å². The minimum Gasteiger partial charge on any atom is -0.0834 e. The standard InChI is InChI=1S/C16H19Cl/c1-3-7-12-11-13-9-5-6-10-15(13)16(17)14(12)8-4-2/h5-6,9-11H,3-4,7-8H2,1-2H3. The predicted molar refractivity (Wildman–Crippen MR) is 76.9 cm³/mol. The molecule has 0 aliphatic carbocycles. The van der Waals surface area contributed by atoms with E-state index in [4.69, 9.17) is 11.6 Å². The summed E-state index contributed by atoms with van der Waals surface area (Å²) in [4.78, 5) is 0. The van der Waals surface area contributed by atoms with Crippen LogP contribution < -0.4 is 0 Å². The first-order valence-corrected chi connectivity index (χ1v) is 6.84. The van der Waals surface area contributed by atoms with E-state index in [-0.39, 0.29) is 0 Å². The predicted octanol–water partition coefficient (Wildman–Crippen LogP) is 5.40. The van der Waals surface area contributed by atoms with Gasteiger partial charge in [0, 0.05) is 5.39 Å². The van der Waals surface area contributed by atoms with Gasteiger partial charge < -0.3 is 0 Å². The maximum absolute atomic E-state index is 6.56. The molecular weight excluding hydrogens is 228 g/mol. The summed E-state index contributed by atoms with van der Waals surface area (Å²) in [5.74, 6) is 0. The van der Waals surface area contributed by atoms with Crippen molar-refractivity contribution in [2.24, 2.45) is 0 Å². The molecule has 2 aromatic rings. The minimum atomic E-state index is 0.966. The van der Waals surface area contributed by atoms with Gasteiger partial charge >= 0.3 is 0 Å². The van der Waals surface area contributed by atoms with Crippen LogP contribution in [0.3, 0.4) is 0 Å². The highest BCUT2D eigenvalue weighted by atomic mass is 35.5. The topological polar surface area (TPSA) is 0 Å². The van der Waals surface area contributed by atoms with E-state index in [0.29, 0.717) is 0 Å². The molecule has 90 valence electrons. The van der Waals surface area contributed by atoms with E-state index in [1.54, 1.807) is 0 Å². The van der Waals surface area contributed by atoms with E-state index >= 15 is 0 Å². The molecule has 0 bridgehead atoms. The third-order valence-electron chi connectivity index (χ3n) is 3.20. The fourth-order valence-corrected chi connectivity index (χ4v) is 2.80. The highest BCUT2D eigenvalue weighted by Crippen LogP contribution is 2.31. The van der Waals surface area contributed by atoms with Gasteiger partial charge in [-0.1, -0.05) is 68.6 Å². The summed E-state index contributed by atoms with van der Waals surface area (Å²) in [6, 6.07) is 10.7. The van der Waals surface area contributed by atoms with Gasteiger partial charge in [-0.25, -0.2) is 0 Å². The van der Waals surface area contributed by atoms with E-state index in [1.807, 2.05) is 0 Å². The van der Waals surface area contributed by atoms with E-state index in [1.165, 1.54) is 28.3 Å². The first-order chi connectivity index (χ1) is 8.27. The van der Waals surface area contributed by atoms with Gasteiger partial charge in [-0.2, -0.15) is 0 Å². The summed E-state index contributed by atoms with van der Waals surface area (Å²) >= 11 is 6.56. The van der Waals surface area contributed by atoms with E-state index in [2.05, 4.69) is 44.2 Å². The van der Waals surface area contributed by atoms with Crippen molar-refractivity contribution < 1.29 is 0 Å². The third kappa shape index (κ3) is 2.47. The van der Waals surface area contributed by atoms with Crippen LogP contribution in [-0.2, 0) is 12.8 Å². The van der Waals surface area contributed by atoms with Crippen molar-refractivity contribution >= 4 is 22.4 Å². The van der Waals surface area contributed by atoms with Crippen LogP contribution in [0.15, 0.2) is 30.3 Å². The summed E-state index contributed by atoms with van der Waals surface area (Å²) in [7, 11) is 0. The average Bonchev–Trinajstić information content (AvgIpc) is 2.34. The fourth-order valence-electron chi connectivity index (χ4n) is 2.41. The average molecular weight is 247 g/mol. The van der Waals surface area contributed by atoms with Gasteiger partial charge in [0.15, 0.2) is 0 Å². The molecule has 0 radical (unpaired) electrons. The highest BCUT2D eigenvalue weighted by molar-refractivity contribution is 6.36. The molecule has 2 aromatic carbocycles. The number of hydrogen-bond donors (Lipinski definition) is 0. The first-order valence-electron chi connectivity index (χ1n) is 6.47. The Hall–Kier alpha value is -1.01. The molecule has 0 fully saturated rings. The molecule has 0 amide bonds. The van der Waals surface area contributed by atoms with Crippen LogP contribution in [0.5, 0.6) is 0 Å². The van der Waals surface area contributed by atoms with Crippen molar-refractivity contribution in [1.29, 1.82) is 0 Å². The molecule has 0 nitrogen and oxygen atoms in total. The van der Waals surface area contributed by atoms with Crippen molar-refractivity contribution in [2.75, 3.05) is 0 Å². The van der Waals surface area contributed by atoms with Crippen molar-refractivity contribution in [3.8, 4) is 0 Å². The molecule has 0 atom stereocenters. The van der Waals surface area contributed by atoms with Crippen LogP contribution in [0, 0.1) is 0 Å². The Morgan fingerprint density at radius 1 is 1.00 bits per heavy atom. The largest absolute Gasteiger partial charge is 0.0834 e. The number of aryl methyl sites for hydroxylation is 1. The summed E-state index contributed by atoms with van der Waals surface area (Å²) in [5.41, 5.74) is 2.78. The fraction of sp³-hybridized carbons (Fsp3) is 0.375. The van der Waals surface area contributed by atoms with Crippen LogP contribution in [-0.4, -0.2) is 0 Å². The Morgan fingerprint density at radius 3 is 2.41 bits per heavy atom. The molecule has 0 N–H and O–H groups in total. The lowest BCUT2D eigenvalue weighted by atomic mass is 9.95. The molecule has 0 saturated carbocycles. The molecule has 0 aliphatic rings. The molecule has 0 aliphatic heterocycles. The lowest BCUT2D eigenvalue weighted by molar-refractivity contribution is 0.864. The van der Waals surface area contributed by atoms with Gasteiger partial charge in [0.05, 0.1) is 5.02 Å². The van der Waals surface area contributed by atoms with E-state index in [0.717, 1.165) is 24.3 Å². The lowest BCUT2D eigenvalue weighted by Crippen LogP contribution is -1.96. The Morgan fingerprint density at radius 2 is 1.71 bits per heavy atom. The lowest BCUT2D eigenvalue weighted by Gasteiger charge is -2.13. The van der Waals surface area contributed by atoms with Gasteiger partial charge in [-0.15, -0.1) is 0 Å². The Labute approximate surface area is 109 Å². The molecule has 0 aromatic heterocycles. The zero-order valence-corrected chi connectivity index (χ0v) is 11.3. The monoisotopic (exact) mass is 246 g/mol. The van der Waals surface area contributed by atoms with E-state index < -0.39 is 0 Å². The van der Waals surface area contributed by atoms with Crippen molar-refractivity contribution in [2.45, 2.75) is 39.5 Å². The minimum absolute atomic E-state index is 0.966. The molecular formula is C16H19Cl. The molecule has 2 rings (SSSR count). The zero-order valence-electron chi connectivity index (χ0n) is 10.6. The maximum atomic E-state index is 6.56. The normalized spacial score (nSPS) is 11.0. The van der Waals surface area contributed by atoms with Crippen molar-refractivity contribution in [3.63, 3.8) is 0 Å². The first kappa shape index (κ1) is 12.4. The maximum Gasteiger partial charge on any atom is 0.0519 e. The summed E-state index contributed by atoms with van der Waals surface area (Å²) < 4.78 is 0. The van der Waals surface area contributed by atoms with Crippen molar-refractivity contribution in [3.05, 3.63) is 46.5 Å². The smallest absolute Gasteiger partial charge is 0.0519 e. The summed E-state index contributed by atoms with van der Waals surface area (Å²) in [5, 5.41) is 3.42. The zero-order chi connectivity index (χ0) is 12.3. The SMILES string of the molecule is CCCc1cc2ccccc2c(Cl)c1CCC. The van der Waals surface area contributed by atoms with Crippen LogP contribution >= 0.6 is 11.6 Å². The second kappa shape index (κ2) is 5.55. The number of halogens is 1. The van der Waals surface area contributed by atoms with Gasteiger partial charge in [-0.05, 0) is 29.4 Å². The molecule has 0 unspecified atom stereocenters. The summed E-state index contributed by atoms with van der Waals surface area (Å²) in [6.07, 6.45) is 4.53. The Balaban J connectivity index is 2.65. The van der Waals surface area contributed by atoms with Crippen LogP contribution in [0.2, 0.25) is 5.02 Å². The van der Waals surface area contributed by atoms with Gasteiger partial charge in [-0.3, -0.25) is 0 Å². The third-order valence-corrected chi connectivity index (χ3v) is 3.63. The van der Waals surface area contributed by atoms with Crippen LogP contribution in [0.4, 0.5) is 0 Å². The van der Waals surface area contributed by atoms with E-state index in [9.17, 15) is 0 Å². The molecule has 17 heavy (non-hydrogen) atoms. The van der Waals surface area contributed by atoms with Gasteiger partial charge in [0.25, 0.3) is 0 Å². The van der Waals surface area contributed by atoms with Crippen LogP contribution in [0.25, 0.3) is 10.8 Å². The molecule has 0 heterocycles. The van der Waals surface area contributed by atoms with Crippen LogP contribution in [0.1, 0.15) is 37.8 Å². The van der Waals surface area contributed by atoms with Crippen molar-refractivity contribution in [1.82, 2.24) is 0 Å². The van der Waals surface area contributed by atoms with Gasteiger partial charge in [0.2, 0.25) is 0 Å². The number of fused-ring (bicyclic) bond motifs is 1. The Bertz CT molecular complexity index is 514.